The molecule has 1 saturated heterocycles. The van der Waals surface area contributed by atoms with Crippen LogP contribution in [-0.4, -0.2) is 49.1 Å². The lowest BCUT2D eigenvalue weighted by Gasteiger charge is -2.26. The average Bonchev–Trinajstić information content (AvgIpc) is 3.03. The Balaban J connectivity index is 1.60. The molecule has 2 aliphatic rings. The van der Waals surface area contributed by atoms with E-state index < -0.39 is 0 Å². The number of urea groups is 1. The molecule has 23 heavy (non-hydrogen) atoms. The second kappa shape index (κ2) is 6.89. The molecule has 2 N–H and O–H groups in total. The van der Waals surface area contributed by atoms with Crippen LogP contribution in [-0.2, 0) is 4.79 Å². The van der Waals surface area contributed by atoms with Crippen LogP contribution in [0.25, 0.3) is 0 Å². The largest absolute Gasteiger partial charge is 0.493 e. The number of hydrogen-bond acceptors (Lipinski definition) is 3. The number of hydrogen-bond donors (Lipinski definition) is 2. The molecule has 1 aromatic carbocycles. The topological polar surface area (TPSA) is 70.7 Å². The van der Waals surface area contributed by atoms with Crippen LogP contribution in [0.4, 0.5) is 4.79 Å². The molecule has 1 aromatic rings. The molecule has 2 heterocycles. The molecule has 0 aromatic heterocycles. The van der Waals surface area contributed by atoms with Gasteiger partial charge in [0.1, 0.15) is 5.75 Å². The van der Waals surface area contributed by atoms with Gasteiger partial charge >= 0.3 is 6.03 Å². The normalized spacial score (nSPS) is 22.9. The summed E-state index contributed by atoms with van der Waals surface area (Å²) < 4.78 is 5.61. The number of amides is 3. The molecule has 124 valence electrons. The van der Waals surface area contributed by atoms with E-state index in [2.05, 4.69) is 10.6 Å². The van der Waals surface area contributed by atoms with E-state index in [1.54, 1.807) is 4.90 Å². The van der Waals surface area contributed by atoms with Crippen molar-refractivity contribution in [1.82, 2.24) is 15.5 Å². The van der Waals surface area contributed by atoms with E-state index in [0.29, 0.717) is 32.7 Å². The van der Waals surface area contributed by atoms with E-state index in [0.717, 1.165) is 17.7 Å². The Morgan fingerprint density at radius 3 is 2.96 bits per heavy atom. The Morgan fingerprint density at radius 1 is 1.30 bits per heavy atom. The smallest absolute Gasteiger partial charge is 0.317 e. The first kappa shape index (κ1) is 15.6. The SMILES string of the molecule is CCNC(=O)N1CC[C@@H](NC(=O)[C@H]2CCOc3ccccc32)C1. The lowest BCUT2D eigenvalue weighted by Crippen LogP contribution is -2.43. The number of ether oxygens (including phenoxy) is 1. The van der Waals surface area contributed by atoms with Crippen LogP contribution < -0.4 is 15.4 Å². The summed E-state index contributed by atoms with van der Waals surface area (Å²) in [5.41, 5.74) is 0.954. The summed E-state index contributed by atoms with van der Waals surface area (Å²) in [4.78, 5) is 26.2. The van der Waals surface area contributed by atoms with Crippen molar-refractivity contribution in [2.45, 2.75) is 31.7 Å². The maximum atomic E-state index is 12.6. The number of para-hydroxylation sites is 1. The van der Waals surface area contributed by atoms with E-state index in [4.69, 9.17) is 4.74 Å². The van der Waals surface area contributed by atoms with Crippen LogP contribution in [0.2, 0.25) is 0 Å². The first-order chi connectivity index (χ1) is 11.2. The molecule has 0 aliphatic carbocycles. The highest BCUT2D eigenvalue weighted by Gasteiger charge is 2.32. The Hall–Kier alpha value is -2.24. The highest BCUT2D eigenvalue weighted by atomic mass is 16.5. The Kier molecular flexibility index (Phi) is 4.69. The summed E-state index contributed by atoms with van der Waals surface area (Å²) in [5, 5.41) is 5.90. The number of rotatable bonds is 3. The van der Waals surface area contributed by atoms with Gasteiger partial charge in [-0.3, -0.25) is 4.79 Å². The Morgan fingerprint density at radius 2 is 2.13 bits per heavy atom. The molecule has 2 aliphatic heterocycles. The molecule has 6 heteroatoms. The van der Waals surface area contributed by atoms with Crippen molar-refractivity contribution in [3.63, 3.8) is 0 Å². The summed E-state index contributed by atoms with van der Waals surface area (Å²) >= 11 is 0. The zero-order valence-electron chi connectivity index (χ0n) is 13.4. The second-order valence-corrected chi connectivity index (χ2v) is 6.00. The highest BCUT2D eigenvalue weighted by Crippen LogP contribution is 2.33. The van der Waals surface area contributed by atoms with Crippen LogP contribution in [0.3, 0.4) is 0 Å². The predicted molar refractivity (Wildman–Crippen MR) is 86.5 cm³/mol. The van der Waals surface area contributed by atoms with Crippen molar-refractivity contribution in [1.29, 1.82) is 0 Å². The molecule has 0 radical (unpaired) electrons. The standard InChI is InChI=1S/C17H23N3O3/c1-2-18-17(22)20-9-7-12(11-20)19-16(21)14-8-10-23-15-6-4-3-5-13(14)15/h3-6,12,14H,2,7-11H2,1H3,(H,18,22)(H,19,21)/t12-,14+/m1/s1. The third-order valence-electron chi connectivity index (χ3n) is 4.42. The summed E-state index contributed by atoms with van der Waals surface area (Å²) in [6.07, 6.45) is 1.49. The number of nitrogens with one attached hydrogen (secondary N) is 2. The van der Waals surface area contributed by atoms with Crippen LogP contribution in [0.1, 0.15) is 31.2 Å². The van der Waals surface area contributed by atoms with Gasteiger partial charge in [0, 0.05) is 31.2 Å². The van der Waals surface area contributed by atoms with Crippen molar-refractivity contribution in [2.75, 3.05) is 26.2 Å². The number of carbonyl (C=O) groups is 2. The molecular weight excluding hydrogens is 294 g/mol. The number of carbonyl (C=O) groups excluding carboxylic acids is 2. The first-order valence-electron chi connectivity index (χ1n) is 8.24. The van der Waals surface area contributed by atoms with Crippen molar-refractivity contribution in [2.24, 2.45) is 0 Å². The average molecular weight is 317 g/mol. The number of likely N-dealkylation sites (tertiary alicyclic amines) is 1. The third kappa shape index (κ3) is 3.41. The molecule has 2 atom stereocenters. The molecule has 1 fully saturated rings. The van der Waals surface area contributed by atoms with E-state index in [9.17, 15) is 9.59 Å². The van der Waals surface area contributed by atoms with Gasteiger partial charge in [0.2, 0.25) is 5.91 Å². The molecule has 6 nitrogen and oxygen atoms in total. The summed E-state index contributed by atoms with van der Waals surface area (Å²) in [6, 6.07) is 7.68. The monoisotopic (exact) mass is 317 g/mol. The van der Waals surface area contributed by atoms with Crippen LogP contribution in [0.5, 0.6) is 5.75 Å². The van der Waals surface area contributed by atoms with Crippen LogP contribution in [0, 0.1) is 0 Å². The third-order valence-corrected chi connectivity index (χ3v) is 4.42. The van der Waals surface area contributed by atoms with Gasteiger partial charge in [-0.2, -0.15) is 0 Å². The lowest BCUT2D eigenvalue weighted by molar-refractivity contribution is -0.123. The molecule has 0 bridgehead atoms. The Labute approximate surface area is 136 Å². The minimum atomic E-state index is -0.168. The van der Waals surface area contributed by atoms with Gasteiger partial charge in [-0.25, -0.2) is 4.79 Å². The molecule has 0 saturated carbocycles. The van der Waals surface area contributed by atoms with Gasteiger partial charge in [-0.15, -0.1) is 0 Å². The molecule has 0 spiro atoms. The molecule has 0 unspecified atom stereocenters. The quantitative estimate of drug-likeness (QED) is 0.887. The fourth-order valence-corrected chi connectivity index (χ4v) is 3.24. The van der Waals surface area contributed by atoms with Gasteiger partial charge in [-0.1, -0.05) is 18.2 Å². The maximum absolute atomic E-state index is 12.6. The fourth-order valence-electron chi connectivity index (χ4n) is 3.24. The minimum Gasteiger partial charge on any atom is -0.493 e. The second-order valence-electron chi connectivity index (χ2n) is 6.00. The maximum Gasteiger partial charge on any atom is 0.317 e. The van der Waals surface area contributed by atoms with Crippen LogP contribution >= 0.6 is 0 Å². The minimum absolute atomic E-state index is 0.0279. The van der Waals surface area contributed by atoms with Gasteiger partial charge in [0.15, 0.2) is 0 Å². The van der Waals surface area contributed by atoms with Crippen LogP contribution in [0.15, 0.2) is 24.3 Å². The van der Waals surface area contributed by atoms with Gasteiger partial charge in [0.25, 0.3) is 0 Å². The zero-order chi connectivity index (χ0) is 16.2. The van der Waals surface area contributed by atoms with E-state index in [1.807, 2.05) is 31.2 Å². The highest BCUT2D eigenvalue weighted by molar-refractivity contribution is 5.85. The first-order valence-corrected chi connectivity index (χ1v) is 8.24. The summed E-state index contributed by atoms with van der Waals surface area (Å²) in [5.74, 6) is 0.663. The van der Waals surface area contributed by atoms with Crippen molar-refractivity contribution >= 4 is 11.9 Å². The fraction of sp³-hybridized carbons (Fsp3) is 0.529. The van der Waals surface area contributed by atoms with Crippen molar-refractivity contribution in [3.05, 3.63) is 29.8 Å². The number of benzene rings is 1. The van der Waals surface area contributed by atoms with E-state index in [1.165, 1.54) is 0 Å². The molecule has 3 amide bonds. The summed E-state index contributed by atoms with van der Waals surface area (Å²) in [6.45, 7) is 4.33. The zero-order valence-corrected chi connectivity index (χ0v) is 13.4. The molecule has 3 rings (SSSR count). The van der Waals surface area contributed by atoms with E-state index in [-0.39, 0.29) is 23.9 Å². The number of fused-ring (bicyclic) bond motifs is 1. The predicted octanol–water partition coefficient (Wildman–Crippen LogP) is 1.47. The lowest BCUT2D eigenvalue weighted by atomic mass is 9.92. The Bertz CT molecular complexity index is 590. The van der Waals surface area contributed by atoms with E-state index >= 15 is 0 Å². The number of nitrogens with zero attached hydrogens (tertiary/aromatic N) is 1. The van der Waals surface area contributed by atoms with Gasteiger partial charge < -0.3 is 20.3 Å². The summed E-state index contributed by atoms with van der Waals surface area (Å²) in [7, 11) is 0. The van der Waals surface area contributed by atoms with Gasteiger partial charge in [-0.05, 0) is 25.8 Å². The molecular formula is C17H23N3O3. The van der Waals surface area contributed by atoms with Crippen molar-refractivity contribution in [3.8, 4) is 5.75 Å². The van der Waals surface area contributed by atoms with Crippen molar-refractivity contribution < 1.29 is 14.3 Å². The van der Waals surface area contributed by atoms with Gasteiger partial charge in [0.05, 0.1) is 12.5 Å².